The van der Waals surface area contributed by atoms with E-state index in [0.717, 1.165) is 0 Å². The van der Waals surface area contributed by atoms with Gasteiger partial charge in [-0.3, -0.25) is 9.11 Å². The van der Waals surface area contributed by atoms with Gasteiger partial charge < -0.3 is 14.4 Å². The molecule has 7 heteroatoms. The van der Waals surface area contributed by atoms with Gasteiger partial charge in [-0.2, -0.15) is 10.6 Å². The molecule has 2 unspecified atom stereocenters. The summed E-state index contributed by atoms with van der Waals surface area (Å²) in [5, 5.41) is 8.38. The standard InChI is InChI=1S/C17H20O5S2/c18-10-5-11-22-14-8-4-9-16-17(14)15(12-24(16,20)21)23(19)13-6-2-1-3-7-13/h1-4,6-9,15,18,20-21H,5,10-12H2. The molecular weight excluding hydrogens is 348 g/mol. The number of fused-ring (bicyclic) bond motifs is 1. The van der Waals surface area contributed by atoms with E-state index < -0.39 is 27.0 Å². The van der Waals surface area contributed by atoms with Gasteiger partial charge in [0.2, 0.25) is 0 Å². The summed E-state index contributed by atoms with van der Waals surface area (Å²) in [6, 6.07) is 14.1. The van der Waals surface area contributed by atoms with Crippen molar-refractivity contribution in [3.63, 3.8) is 0 Å². The highest BCUT2D eigenvalue weighted by Gasteiger charge is 2.44. The summed E-state index contributed by atoms with van der Waals surface area (Å²) >= 11 is -1.41. The van der Waals surface area contributed by atoms with Gasteiger partial charge in [-0.25, -0.2) is 0 Å². The molecule has 0 radical (unpaired) electrons. The Morgan fingerprint density at radius 2 is 1.88 bits per heavy atom. The lowest BCUT2D eigenvalue weighted by atomic mass is 10.1. The zero-order valence-corrected chi connectivity index (χ0v) is 14.6. The van der Waals surface area contributed by atoms with Crippen molar-refractivity contribution in [2.45, 2.75) is 21.5 Å². The first kappa shape index (κ1) is 17.6. The van der Waals surface area contributed by atoms with Crippen LogP contribution in [0, 0.1) is 0 Å². The largest absolute Gasteiger partial charge is 0.611 e. The van der Waals surface area contributed by atoms with Gasteiger partial charge in [0.05, 0.1) is 22.8 Å². The van der Waals surface area contributed by atoms with Gasteiger partial charge >= 0.3 is 0 Å². The smallest absolute Gasteiger partial charge is 0.169 e. The van der Waals surface area contributed by atoms with Crippen LogP contribution in [0.2, 0.25) is 0 Å². The first-order valence-electron chi connectivity index (χ1n) is 7.63. The van der Waals surface area contributed by atoms with Crippen molar-refractivity contribution in [3.8, 4) is 5.75 Å². The quantitative estimate of drug-likeness (QED) is 0.537. The van der Waals surface area contributed by atoms with E-state index in [1.54, 1.807) is 30.3 Å². The molecule has 3 N–H and O–H groups in total. The summed E-state index contributed by atoms with van der Waals surface area (Å²) in [7, 11) is -2.98. The SMILES string of the molecule is [O-][S+](c1ccccc1)C1CS(O)(O)c2cccc(OCCCO)c21. The number of ether oxygens (including phenoxy) is 1. The Morgan fingerprint density at radius 3 is 2.58 bits per heavy atom. The second kappa shape index (κ2) is 7.35. The van der Waals surface area contributed by atoms with Gasteiger partial charge in [0.1, 0.15) is 5.75 Å². The number of hydrogen-bond donors (Lipinski definition) is 3. The third kappa shape index (κ3) is 3.42. The molecule has 0 saturated heterocycles. The van der Waals surface area contributed by atoms with Crippen molar-refractivity contribution in [3.05, 3.63) is 54.1 Å². The van der Waals surface area contributed by atoms with E-state index in [2.05, 4.69) is 0 Å². The highest BCUT2D eigenvalue weighted by atomic mass is 32.3. The van der Waals surface area contributed by atoms with E-state index in [1.165, 1.54) is 0 Å². The van der Waals surface area contributed by atoms with Crippen molar-refractivity contribution < 1.29 is 23.5 Å². The van der Waals surface area contributed by atoms with E-state index in [9.17, 15) is 13.7 Å². The Morgan fingerprint density at radius 1 is 1.12 bits per heavy atom. The Hall–Kier alpha value is -1.22. The minimum Gasteiger partial charge on any atom is -0.611 e. The van der Waals surface area contributed by atoms with Crippen LogP contribution in [0.15, 0.2) is 58.3 Å². The molecule has 1 aliphatic heterocycles. The highest BCUT2D eigenvalue weighted by molar-refractivity contribution is 8.25. The van der Waals surface area contributed by atoms with Gasteiger partial charge in [0.25, 0.3) is 0 Å². The Kier molecular flexibility index (Phi) is 5.39. The summed E-state index contributed by atoms with van der Waals surface area (Å²) in [5.74, 6) is 0.539. The summed E-state index contributed by atoms with van der Waals surface area (Å²) in [6.45, 7) is 0.334. The molecule has 0 bridgehead atoms. The molecule has 0 saturated carbocycles. The Bertz CT molecular complexity index is 693. The molecule has 0 aliphatic carbocycles. The monoisotopic (exact) mass is 368 g/mol. The normalized spacial score (nSPS) is 21.1. The summed E-state index contributed by atoms with van der Waals surface area (Å²) in [6.07, 6.45) is 0.479. The molecule has 2 atom stereocenters. The minimum absolute atomic E-state index is 0.0174. The molecule has 24 heavy (non-hydrogen) atoms. The van der Waals surface area contributed by atoms with E-state index >= 15 is 0 Å². The van der Waals surface area contributed by atoms with Crippen molar-refractivity contribution in [1.82, 2.24) is 0 Å². The molecule has 0 spiro atoms. The fourth-order valence-corrected chi connectivity index (χ4v) is 6.78. The predicted molar refractivity (Wildman–Crippen MR) is 95.2 cm³/mol. The van der Waals surface area contributed by atoms with Crippen molar-refractivity contribution in [2.75, 3.05) is 19.0 Å². The second-order valence-corrected chi connectivity index (χ2v) is 9.27. The van der Waals surface area contributed by atoms with Gasteiger partial charge in [-0.1, -0.05) is 24.3 Å². The number of hydrogen-bond acceptors (Lipinski definition) is 5. The van der Waals surface area contributed by atoms with Crippen LogP contribution < -0.4 is 4.74 Å². The summed E-state index contributed by atoms with van der Waals surface area (Å²) in [5.41, 5.74) is 0.609. The molecule has 0 fully saturated rings. The van der Waals surface area contributed by atoms with Crippen LogP contribution in [0.25, 0.3) is 0 Å². The van der Waals surface area contributed by atoms with Gasteiger partial charge in [0.15, 0.2) is 10.1 Å². The van der Waals surface area contributed by atoms with Crippen LogP contribution in [-0.2, 0) is 11.2 Å². The molecule has 1 heterocycles. The third-order valence-electron chi connectivity index (χ3n) is 3.88. The van der Waals surface area contributed by atoms with E-state index in [0.29, 0.717) is 34.1 Å². The number of aliphatic hydroxyl groups is 1. The molecule has 0 aromatic heterocycles. The van der Waals surface area contributed by atoms with Crippen LogP contribution in [0.3, 0.4) is 0 Å². The van der Waals surface area contributed by atoms with Crippen LogP contribution in [-0.4, -0.2) is 37.7 Å². The van der Waals surface area contributed by atoms with Crippen LogP contribution in [0.1, 0.15) is 17.2 Å². The first-order valence-corrected chi connectivity index (χ1v) is 10.6. The molecule has 0 amide bonds. The first-order chi connectivity index (χ1) is 11.5. The van der Waals surface area contributed by atoms with Crippen molar-refractivity contribution >= 4 is 21.8 Å². The van der Waals surface area contributed by atoms with E-state index in [-0.39, 0.29) is 12.4 Å². The second-order valence-electron chi connectivity index (χ2n) is 5.53. The minimum atomic E-state index is -2.98. The lowest BCUT2D eigenvalue weighted by molar-refractivity contribution is 0.232. The van der Waals surface area contributed by atoms with Crippen molar-refractivity contribution in [1.29, 1.82) is 0 Å². The van der Waals surface area contributed by atoms with Crippen LogP contribution in [0.5, 0.6) is 5.75 Å². The number of aliphatic hydroxyl groups excluding tert-OH is 1. The maximum absolute atomic E-state index is 13.0. The molecule has 2 aromatic carbocycles. The fraction of sp³-hybridized carbons (Fsp3) is 0.294. The number of benzene rings is 2. The Balaban J connectivity index is 1.97. The molecular formula is C17H20O5S2. The van der Waals surface area contributed by atoms with E-state index in [4.69, 9.17) is 9.84 Å². The predicted octanol–water partition coefficient (Wildman–Crippen LogP) is 3.42. The summed E-state index contributed by atoms with van der Waals surface area (Å²) < 4.78 is 39.5. The maximum atomic E-state index is 13.0. The molecule has 130 valence electrons. The van der Waals surface area contributed by atoms with Crippen molar-refractivity contribution in [2.24, 2.45) is 0 Å². The zero-order chi connectivity index (χ0) is 17.2. The van der Waals surface area contributed by atoms with Gasteiger partial charge in [-0.15, -0.1) is 0 Å². The molecule has 3 rings (SSSR count). The number of rotatable bonds is 6. The lowest BCUT2D eigenvalue weighted by Crippen LogP contribution is -2.16. The average Bonchev–Trinajstić information content (AvgIpc) is 2.87. The highest BCUT2D eigenvalue weighted by Crippen LogP contribution is 2.63. The summed E-state index contributed by atoms with van der Waals surface area (Å²) in [4.78, 5) is 1.06. The molecule has 5 nitrogen and oxygen atoms in total. The molecule has 1 aliphatic rings. The fourth-order valence-electron chi connectivity index (χ4n) is 2.77. The van der Waals surface area contributed by atoms with Crippen LogP contribution >= 0.6 is 10.6 Å². The average molecular weight is 368 g/mol. The maximum Gasteiger partial charge on any atom is 0.169 e. The van der Waals surface area contributed by atoms with Crippen LogP contribution in [0.4, 0.5) is 0 Å². The van der Waals surface area contributed by atoms with Gasteiger partial charge in [0, 0.05) is 13.0 Å². The Labute approximate surface area is 145 Å². The van der Waals surface area contributed by atoms with E-state index in [1.807, 2.05) is 18.2 Å². The third-order valence-corrected chi connectivity index (χ3v) is 7.60. The molecule has 2 aromatic rings. The van der Waals surface area contributed by atoms with Gasteiger partial charge in [-0.05, 0) is 35.4 Å². The lowest BCUT2D eigenvalue weighted by Gasteiger charge is -2.27. The topological polar surface area (TPSA) is 93.0 Å². The zero-order valence-electron chi connectivity index (χ0n) is 13.0.